The Balaban J connectivity index is 2.27. The summed E-state index contributed by atoms with van der Waals surface area (Å²) in [5, 5.41) is 10.2. The molecule has 0 aliphatic heterocycles. The quantitative estimate of drug-likeness (QED) is 0.726. The van der Waals surface area contributed by atoms with Crippen molar-refractivity contribution in [2.45, 2.75) is 6.42 Å². The molecular weight excluding hydrogens is 238 g/mol. The average Bonchev–Trinajstić information content (AvgIpc) is 2.92. The molecule has 19 heavy (non-hydrogen) atoms. The lowest BCUT2D eigenvalue weighted by atomic mass is 9.99. The number of fused-ring (bicyclic) bond motifs is 1. The van der Waals surface area contributed by atoms with Crippen LogP contribution in [0.15, 0.2) is 36.8 Å². The van der Waals surface area contributed by atoms with Gasteiger partial charge in [-0.1, -0.05) is 18.2 Å². The molecule has 0 saturated heterocycles. The zero-order chi connectivity index (χ0) is 13.2. The fourth-order valence-corrected chi connectivity index (χ4v) is 2.18. The summed E-state index contributed by atoms with van der Waals surface area (Å²) in [6.07, 6.45) is 3.94. The number of rotatable bonds is 2. The van der Waals surface area contributed by atoms with Crippen LogP contribution in [0.4, 0.5) is 5.82 Å². The average molecular weight is 249 g/mol. The molecule has 0 aliphatic rings. The van der Waals surface area contributed by atoms with Crippen molar-refractivity contribution in [3.63, 3.8) is 0 Å². The van der Waals surface area contributed by atoms with Crippen LogP contribution < -0.4 is 5.73 Å². The second kappa shape index (κ2) is 4.42. The molecule has 1 aromatic carbocycles. The lowest BCUT2D eigenvalue weighted by Crippen LogP contribution is -2.02. The van der Waals surface area contributed by atoms with Crippen LogP contribution in [0.1, 0.15) is 16.8 Å². The monoisotopic (exact) mass is 249 g/mol. The Bertz CT molecular complexity index is 768. The molecule has 3 rings (SSSR count). The van der Waals surface area contributed by atoms with Crippen LogP contribution in [0.5, 0.6) is 0 Å². The van der Waals surface area contributed by atoms with E-state index in [9.17, 15) is 5.26 Å². The van der Waals surface area contributed by atoms with Gasteiger partial charge in [0.25, 0.3) is 0 Å². The van der Waals surface area contributed by atoms with Gasteiger partial charge in [-0.25, -0.2) is 9.97 Å². The normalized spacial score (nSPS) is 10.5. The number of pyridine rings is 1. The van der Waals surface area contributed by atoms with E-state index in [1.165, 1.54) is 0 Å². The van der Waals surface area contributed by atoms with Gasteiger partial charge in [-0.3, -0.25) is 0 Å². The first-order valence-electron chi connectivity index (χ1n) is 5.84. The first-order valence-corrected chi connectivity index (χ1v) is 5.84. The highest BCUT2D eigenvalue weighted by Gasteiger charge is 2.13. The maximum absolute atomic E-state index is 9.29. The fourth-order valence-electron chi connectivity index (χ4n) is 2.18. The molecule has 0 saturated carbocycles. The van der Waals surface area contributed by atoms with Crippen LogP contribution in [-0.4, -0.2) is 15.0 Å². The van der Waals surface area contributed by atoms with Crippen molar-refractivity contribution in [3.05, 3.63) is 53.6 Å². The van der Waals surface area contributed by atoms with Gasteiger partial charge < -0.3 is 10.7 Å². The molecular formula is C14H11N5. The molecule has 0 spiro atoms. The maximum Gasteiger partial charge on any atom is 0.142 e. The molecule has 2 aromatic heterocycles. The van der Waals surface area contributed by atoms with Gasteiger partial charge in [-0.05, 0) is 11.6 Å². The SMILES string of the molecule is N#Cc1c(N)nc2ccccc2c1Cc1cnc[nH]1. The smallest absolute Gasteiger partial charge is 0.142 e. The summed E-state index contributed by atoms with van der Waals surface area (Å²) in [4.78, 5) is 11.3. The number of nitrogens with two attached hydrogens (primary N) is 1. The lowest BCUT2D eigenvalue weighted by molar-refractivity contribution is 1.11. The highest BCUT2D eigenvalue weighted by atomic mass is 14.9. The predicted octanol–water partition coefficient (Wildman–Crippen LogP) is 2.00. The topological polar surface area (TPSA) is 91.4 Å². The first kappa shape index (κ1) is 11.2. The summed E-state index contributed by atoms with van der Waals surface area (Å²) in [6, 6.07) is 9.82. The second-order valence-corrected chi connectivity index (χ2v) is 4.23. The minimum atomic E-state index is 0.274. The number of imidazole rings is 1. The third-order valence-electron chi connectivity index (χ3n) is 3.06. The number of para-hydroxylation sites is 1. The highest BCUT2D eigenvalue weighted by Crippen LogP contribution is 2.26. The number of benzene rings is 1. The van der Waals surface area contributed by atoms with Crippen molar-refractivity contribution in [2.75, 3.05) is 5.73 Å². The molecule has 0 amide bonds. The number of nitriles is 1. The van der Waals surface area contributed by atoms with Crippen LogP contribution in [0.2, 0.25) is 0 Å². The Morgan fingerprint density at radius 1 is 1.32 bits per heavy atom. The summed E-state index contributed by atoms with van der Waals surface area (Å²) in [5.74, 6) is 0.274. The number of hydrogen-bond acceptors (Lipinski definition) is 4. The number of nitrogens with zero attached hydrogens (tertiary/aromatic N) is 3. The zero-order valence-electron chi connectivity index (χ0n) is 10.1. The number of nitrogens with one attached hydrogen (secondary N) is 1. The molecule has 0 radical (unpaired) electrons. The van der Waals surface area contributed by atoms with Crippen molar-refractivity contribution in [3.8, 4) is 6.07 Å². The van der Waals surface area contributed by atoms with Crippen molar-refractivity contribution in [1.29, 1.82) is 5.26 Å². The molecule has 0 atom stereocenters. The van der Waals surface area contributed by atoms with Crippen LogP contribution >= 0.6 is 0 Å². The Morgan fingerprint density at radius 2 is 2.16 bits per heavy atom. The molecule has 2 heterocycles. The second-order valence-electron chi connectivity index (χ2n) is 4.23. The first-order chi connectivity index (χ1) is 9.29. The largest absolute Gasteiger partial charge is 0.383 e. The van der Waals surface area contributed by atoms with Crippen molar-refractivity contribution in [1.82, 2.24) is 15.0 Å². The van der Waals surface area contributed by atoms with E-state index in [1.807, 2.05) is 24.3 Å². The van der Waals surface area contributed by atoms with E-state index < -0.39 is 0 Å². The van der Waals surface area contributed by atoms with E-state index in [2.05, 4.69) is 21.0 Å². The summed E-state index contributed by atoms with van der Waals surface area (Å²) in [6.45, 7) is 0. The Labute approximate surface area is 109 Å². The summed E-state index contributed by atoms with van der Waals surface area (Å²) < 4.78 is 0. The van der Waals surface area contributed by atoms with Crippen LogP contribution in [0.25, 0.3) is 10.9 Å². The molecule has 5 heteroatoms. The minimum Gasteiger partial charge on any atom is -0.383 e. The van der Waals surface area contributed by atoms with E-state index in [0.717, 1.165) is 22.2 Å². The Kier molecular flexibility index (Phi) is 2.62. The van der Waals surface area contributed by atoms with Gasteiger partial charge in [0.1, 0.15) is 11.9 Å². The summed E-state index contributed by atoms with van der Waals surface area (Å²) in [7, 11) is 0. The van der Waals surface area contributed by atoms with Crippen LogP contribution in [-0.2, 0) is 6.42 Å². The van der Waals surface area contributed by atoms with Crippen molar-refractivity contribution >= 4 is 16.7 Å². The molecule has 3 N–H and O–H groups in total. The molecule has 5 nitrogen and oxygen atoms in total. The lowest BCUT2D eigenvalue weighted by Gasteiger charge is -2.09. The highest BCUT2D eigenvalue weighted by molar-refractivity contribution is 5.87. The third-order valence-corrected chi connectivity index (χ3v) is 3.06. The van der Waals surface area contributed by atoms with Gasteiger partial charge in [0.15, 0.2) is 0 Å². The van der Waals surface area contributed by atoms with Gasteiger partial charge in [-0.2, -0.15) is 5.26 Å². The van der Waals surface area contributed by atoms with Gasteiger partial charge in [0, 0.05) is 23.7 Å². The minimum absolute atomic E-state index is 0.274. The molecule has 0 fully saturated rings. The van der Waals surface area contributed by atoms with Crippen LogP contribution in [0.3, 0.4) is 0 Å². The Morgan fingerprint density at radius 3 is 2.89 bits per heavy atom. The van der Waals surface area contributed by atoms with Gasteiger partial charge >= 0.3 is 0 Å². The Hall–Kier alpha value is -2.87. The number of aromatic nitrogens is 3. The molecule has 92 valence electrons. The molecule has 0 unspecified atom stereocenters. The number of anilines is 1. The predicted molar refractivity (Wildman–Crippen MR) is 72.3 cm³/mol. The zero-order valence-corrected chi connectivity index (χ0v) is 10.1. The summed E-state index contributed by atoms with van der Waals surface area (Å²) >= 11 is 0. The third kappa shape index (κ3) is 1.89. The van der Waals surface area contributed by atoms with E-state index in [-0.39, 0.29) is 5.82 Å². The standard InChI is InChI=1S/C14H11N5/c15-6-12-11(5-9-7-17-8-18-9)10-3-1-2-4-13(10)19-14(12)16/h1-4,7-8H,5H2,(H2,16,19)(H,17,18). The van der Waals surface area contributed by atoms with Crippen molar-refractivity contribution in [2.24, 2.45) is 0 Å². The van der Waals surface area contributed by atoms with Gasteiger partial charge in [-0.15, -0.1) is 0 Å². The fraction of sp³-hybridized carbons (Fsp3) is 0.0714. The van der Waals surface area contributed by atoms with E-state index >= 15 is 0 Å². The van der Waals surface area contributed by atoms with E-state index in [4.69, 9.17) is 5.73 Å². The molecule has 0 bridgehead atoms. The molecule has 0 aliphatic carbocycles. The number of H-pyrrole nitrogens is 1. The number of hydrogen-bond donors (Lipinski definition) is 2. The molecule has 3 aromatic rings. The maximum atomic E-state index is 9.29. The van der Waals surface area contributed by atoms with Gasteiger partial charge in [0.2, 0.25) is 0 Å². The van der Waals surface area contributed by atoms with Gasteiger partial charge in [0.05, 0.1) is 17.4 Å². The van der Waals surface area contributed by atoms with Crippen molar-refractivity contribution < 1.29 is 0 Å². The summed E-state index contributed by atoms with van der Waals surface area (Å²) in [5.41, 5.74) is 8.93. The van der Waals surface area contributed by atoms with E-state index in [1.54, 1.807) is 12.5 Å². The van der Waals surface area contributed by atoms with E-state index in [0.29, 0.717) is 12.0 Å². The number of aromatic amines is 1. The number of nitrogen functional groups attached to an aromatic ring is 1. The van der Waals surface area contributed by atoms with Crippen LogP contribution in [0, 0.1) is 11.3 Å².